The van der Waals surface area contributed by atoms with Crippen molar-refractivity contribution in [2.24, 2.45) is 5.84 Å². The fourth-order valence-corrected chi connectivity index (χ4v) is 3.18. The van der Waals surface area contributed by atoms with Gasteiger partial charge in [0.25, 0.3) is 0 Å². The summed E-state index contributed by atoms with van der Waals surface area (Å²) >= 11 is 0. The molecule has 21 heavy (non-hydrogen) atoms. The molecule has 4 N–H and O–H groups in total. The summed E-state index contributed by atoms with van der Waals surface area (Å²) in [6, 6.07) is 2.37. The highest BCUT2D eigenvalue weighted by molar-refractivity contribution is 5.50. The number of nitrogen functional groups attached to an aromatic ring is 1. The van der Waals surface area contributed by atoms with E-state index in [4.69, 9.17) is 10.8 Å². The van der Waals surface area contributed by atoms with Crippen LogP contribution in [-0.2, 0) is 0 Å². The maximum Gasteiger partial charge on any atom is 0.145 e. The highest BCUT2D eigenvalue weighted by Crippen LogP contribution is 2.39. The molecule has 0 amide bonds. The van der Waals surface area contributed by atoms with Crippen LogP contribution in [0, 0.1) is 0 Å². The lowest BCUT2D eigenvalue weighted by Crippen LogP contribution is -2.39. The predicted octanol–water partition coefficient (Wildman–Crippen LogP) is 1.77. The van der Waals surface area contributed by atoms with Crippen molar-refractivity contribution in [1.82, 2.24) is 9.97 Å². The third kappa shape index (κ3) is 3.44. The van der Waals surface area contributed by atoms with Crippen LogP contribution in [-0.4, -0.2) is 34.3 Å². The van der Waals surface area contributed by atoms with Gasteiger partial charge in [-0.15, -0.1) is 0 Å². The zero-order valence-electron chi connectivity index (χ0n) is 12.5. The van der Waals surface area contributed by atoms with E-state index in [-0.39, 0.29) is 6.61 Å². The van der Waals surface area contributed by atoms with E-state index in [9.17, 15) is 5.11 Å². The molecule has 0 unspecified atom stereocenters. The lowest BCUT2D eigenvalue weighted by molar-refractivity contribution is 0.289. The number of nitrogens with one attached hydrogen (secondary N) is 1. The number of hydrogen-bond donors (Lipinski definition) is 3. The summed E-state index contributed by atoms with van der Waals surface area (Å²) in [6.07, 6.45) is 8.51. The molecule has 1 aromatic heterocycles. The van der Waals surface area contributed by atoms with Gasteiger partial charge in [0.2, 0.25) is 0 Å². The SMILES string of the molecule is NNc1cc(N(CCO)C2CCCCC2)nc(C2CC2)n1. The molecule has 0 aromatic carbocycles. The van der Waals surface area contributed by atoms with E-state index < -0.39 is 0 Å². The van der Waals surface area contributed by atoms with E-state index in [2.05, 4.69) is 15.3 Å². The number of anilines is 2. The van der Waals surface area contributed by atoms with Gasteiger partial charge in [0, 0.05) is 24.6 Å². The number of hydrazine groups is 1. The fourth-order valence-electron chi connectivity index (χ4n) is 3.18. The smallest absolute Gasteiger partial charge is 0.145 e. The van der Waals surface area contributed by atoms with Crippen LogP contribution in [0.3, 0.4) is 0 Å². The number of nitrogens with zero attached hydrogens (tertiary/aromatic N) is 3. The average molecular weight is 291 g/mol. The molecular weight excluding hydrogens is 266 g/mol. The topological polar surface area (TPSA) is 87.3 Å². The molecular formula is C15H25N5O. The molecule has 0 bridgehead atoms. The van der Waals surface area contributed by atoms with Gasteiger partial charge in [-0.3, -0.25) is 0 Å². The quantitative estimate of drug-likeness (QED) is 0.547. The second-order valence-corrected chi connectivity index (χ2v) is 6.10. The summed E-state index contributed by atoms with van der Waals surface area (Å²) in [5, 5.41) is 9.42. The summed E-state index contributed by atoms with van der Waals surface area (Å²) in [5.74, 6) is 8.50. The summed E-state index contributed by atoms with van der Waals surface area (Å²) in [6.45, 7) is 0.764. The van der Waals surface area contributed by atoms with E-state index in [0.29, 0.717) is 24.3 Å². The van der Waals surface area contributed by atoms with Gasteiger partial charge in [0.05, 0.1) is 6.61 Å². The minimum atomic E-state index is 0.144. The van der Waals surface area contributed by atoms with E-state index in [1.54, 1.807) is 0 Å². The summed E-state index contributed by atoms with van der Waals surface area (Å²) in [4.78, 5) is 11.5. The maximum absolute atomic E-state index is 9.42. The summed E-state index contributed by atoms with van der Waals surface area (Å²) < 4.78 is 0. The van der Waals surface area contributed by atoms with Crippen LogP contribution in [0.2, 0.25) is 0 Å². The number of aromatic nitrogens is 2. The lowest BCUT2D eigenvalue weighted by Gasteiger charge is -2.35. The van der Waals surface area contributed by atoms with Crippen LogP contribution >= 0.6 is 0 Å². The highest BCUT2D eigenvalue weighted by Gasteiger charge is 2.29. The van der Waals surface area contributed by atoms with Gasteiger partial charge in [-0.25, -0.2) is 15.8 Å². The Balaban J connectivity index is 1.87. The number of aliphatic hydroxyl groups excluding tert-OH is 1. The molecule has 0 saturated heterocycles. The second kappa shape index (κ2) is 6.58. The number of nitrogens with two attached hydrogens (primary N) is 1. The van der Waals surface area contributed by atoms with E-state index >= 15 is 0 Å². The second-order valence-electron chi connectivity index (χ2n) is 6.10. The normalized spacial score (nSPS) is 19.5. The Morgan fingerprint density at radius 1 is 1.19 bits per heavy atom. The van der Waals surface area contributed by atoms with Gasteiger partial charge in [-0.1, -0.05) is 19.3 Å². The molecule has 2 aliphatic rings. The fraction of sp³-hybridized carbons (Fsp3) is 0.733. The standard InChI is InChI=1S/C15H25N5O/c16-19-13-10-14(18-15(17-13)11-6-7-11)20(8-9-21)12-4-2-1-3-5-12/h10-12,21H,1-9,16H2,(H,17,18,19). The molecule has 1 heterocycles. The van der Waals surface area contributed by atoms with Crippen LogP contribution < -0.4 is 16.2 Å². The molecule has 3 rings (SSSR count). The van der Waals surface area contributed by atoms with Gasteiger partial charge in [-0.05, 0) is 25.7 Å². The molecule has 1 aromatic rings. The Labute approximate surface area is 125 Å². The van der Waals surface area contributed by atoms with E-state index in [1.165, 1.54) is 32.1 Å². The third-order valence-corrected chi connectivity index (χ3v) is 4.47. The zero-order valence-corrected chi connectivity index (χ0v) is 12.5. The zero-order chi connectivity index (χ0) is 14.7. The molecule has 0 aliphatic heterocycles. The predicted molar refractivity (Wildman–Crippen MR) is 83.1 cm³/mol. The first-order valence-electron chi connectivity index (χ1n) is 8.05. The lowest BCUT2D eigenvalue weighted by atomic mass is 9.94. The van der Waals surface area contributed by atoms with Crippen LogP contribution in [0.1, 0.15) is 56.7 Å². The van der Waals surface area contributed by atoms with Gasteiger partial charge < -0.3 is 15.4 Å². The molecule has 2 fully saturated rings. The van der Waals surface area contributed by atoms with Crippen LogP contribution in [0.25, 0.3) is 0 Å². The number of rotatable bonds is 6. The molecule has 6 nitrogen and oxygen atoms in total. The first kappa shape index (κ1) is 14.5. The number of hydrogen-bond acceptors (Lipinski definition) is 6. The van der Waals surface area contributed by atoms with Crippen molar-refractivity contribution in [3.63, 3.8) is 0 Å². The van der Waals surface area contributed by atoms with Crippen molar-refractivity contribution in [1.29, 1.82) is 0 Å². The maximum atomic E-state index is 9.42. The molecule has 2 saturated carbocycles. The van der Waals surface area contributed by atoms with Crippen molar-refractivity contribution in [2.45, 2.75) is 56.9 Å². The average Bonchev–Trinajstić information content (AvgIpc) is 3.38. The Morgan fingerprint density at radius 2 is 1.95 bits per heavy atom. The Hall–Kier alpha value is -1.40. The van der Waals surface area contributed by atoms with Gasteiger partial charge >= 0.3 is 0 Å². The van der Waals surface area contributed by atoms with E-state index in [1.807, 2.05) is 6.07 Å². The molecule has 0 radical (unpaired) electrons. The minimum Gasteiger partial charge on any atom is -0.395 e. The highest BCUT2D eigenvalue weighted by atomic mass is 16.3. The summed E-state index contributed by atoms with van der Waals surface area (Å²) in [5.41, 5.74) is 2.65. The first-order valence-corrected chi connectivity index (χ1v) is 8.05. The minimum absolute atomic E-state index is 0.144. The van der Waals surface area contributed by atoms with Crippen LogP contribution in [0.5, 0.6) is 0 Å². The third-order valence-electron chi connectivity index (χ3n) is 4.47. The van der Waals surface area contributed by atoms with Crippen molar-refractivity contribution in [3.8, 4) is 0 Å². The van der Waals surface area contributed by atoms with Crippen LogP contribution in [0.15, 0.2) is 6.07 Å². The monoisotopic (exact) mass is 291 g/mol. The Bertz CT molecular complexity index is 471. The Kier molecular flexibility index (Phi) is 4.55. The summed E-state index contributed by atoms with van der Waals surface area (Å²) in [7, 11) is 0. The molecule has 6 heteroatoms. The van der Waals surface area contributed by atoms with Gasteiger partial charge in [0.15, 0.2) is 0 Å². The van der Waals surface area contributed by atoms with Crippen molar-refractivity contribution in [2.75, 3.05) is 23.5 Å². The molecule has 0 spiro atoms. The molecule has 116 valence electrons. The Morgan fingerprint density at radius 3 is 2.57 bits per heavy atom. The van der Waals surface area contributed by atoms with Crippen molar-refractivity contribution < 1.29 is 5.11 Å². The van der Waals surface area contributed by atoms with Crippen LogP contribution in [0.4, 0.5) is 11.6 Å². The molecule has 0 atom stereocenters. The van der Waals surface area contributed by atoms with E-state index in [0.717, 1.165) is 24.5 Å². The molecule has 2 aliphatic carbocycles. The van der Waals surface area contributed by atoms with Crippen molar-refractivity contribution >= 4 is 11.6 Å². The number of aliphatic hydroxyl groups is 1. The first-order chi connectivity index (χ1) is 10.3. The van der Waals surface area contributed by atoms with Gasteiger partial charge in [0.1, 0.15) is 17.5 Å². The van der Waals surface area contributed by atoms with Crippen molar-refractivity contribution in [3.05, 3.63) is 11.9 Å². The van der Waals surface area contributed by atoms with Gasteiger partial charge in [-0.2, -0.15) is 0 Å². The largest absolute Gasteiger partial charge is 0.395 e.